The summed E-state index contributed by atoms with van der Waals surface area (Å²) in [6.07, 6.45) is 5.06. The Kier molecular flexibility index (Phi) is 5.02. The number of thiazole rings is 1. The van der Waals surface area contributed by atoms with E-state index in [4.69, 9.17) is 4.74 Å². The molecule has 1 N–H and O–H groups in total. The van der Waals surface area contributed by atoms with Crippen LogP contribution in [-0.2, 0) is 0 Å². The molecule has 2 aromatic rings. The van der Waals surface area contributed by atoms with E-state index in [1.54, 1.807) is 18.4 Å². The van der Waals surface area contributed by atoms with E-state index in [1.165, 1.54) is 30.4 Å². The minimum atomic E-state index is 0.481. The fourth-order valence-corrected chi connectivity index (χ4v) is 3.08. The third-order valence-electron chi connectivity index (χ3n) is 3.21. The number of nitrogens with zero attached hydrogens (tertiary/aromatic N) is 1. The molecule has 1 unspecified atom stereocenters. The minimum Gasteiger partial charge on any atom is -0.497 e. The predicted octanol–water partition coefficient (Wildman–Crippen LogP) is 4.69. The maximum absolute atomic E-state index is 5.24. The Morgan fingerprint density at radius 2 is 2.21 bits per heavy atom. The lowest BCUT2D eigenvalue weighted by Gasteiger charge is -2.11. The number of unbranched alkanes of at least 4 members (excludes halogenated alkanes) is 2. The Bertz CT molecular complexity index is 524. The van der Waals surface area contributed by atoms with Gasteiger partial charge < -0.3 is 10.1 Å². The first-order valence-electron chi connectivity index (χ1n) is 6.94. The van der Waals surface area contributed by atoms with Crippen molar-refractivity contribution in [3.8, 4) is 5.75 Å². The van der Waals surface area contributed by atoms with Gasteiger partial charge in [-0.1, -0.05) is 37.5 Å². The van der Waals surface area contributed by atoms with Gasteiger partial charge in [0, 0.05) is 6.04 Å². The van der Waals surface area contributed by atoms with Crippen LogP contribution in [0, 0.1) is 0 Å². The van der Waals surface area contributed by atoms with Crippen molar-refractivity contribution in [2.45, 2.75) is 45.6 Å². The summed E-state index contributed by atoms with van der Waals surface area (Å²) in [6, 6.07) is 6.49. The number of anilines is 1. The van der Waals surface area contributed by atoms with Gasteiger partial charge in [-0.3, -0.25) is 0 Å². The highest BCUT2D eigenvalue weighted by molar-refractivity contribution is 7.22. The van der Waals surface area contributed by atoms with Gasteiger partial charge in [0.1, 0.15) is 5.75 Å². The number of aromatic nitrogens is 1. The van der Waals surface area contributed by atoms with E-state index in [0.29, 0.717) is 6.04 Å². The number of rotatable bonds is 7. The van der Waals surface area contributed by atoms with Crippen molar-refractivity contribution in [1.82, 2.24) is 4.98 Å². The lowest BCUT2D eigenvalue weighted by molar-refractivity contribution is 0.415. The van der Waals surface area contributed by atoms with Gasteiger partial charge in [0.2, 0.25) is 0 Å². The SMILES string of the molecule is CCCCCC(C)Nc1nc2ccc(OC)cc2s1. The lowest BCUT2D eigenvalue weighted by atomic mass is 10.1. The van der Waals surface area contributed by atoms with E-state index in [-0.39, 0.29) is 0 Å². The van der Waals surface area contributed by atoms with E-state index >= 15 is 0 Å². The molecule has 0 spiro atoms. The van der Waals surface area contributed by atoms with Crippen LogP contribution in [0.2, 0.25) is 0 Å². The van der Waals surface area contributed by atoms with Crippen LogP contribution in [-0.4, -0.2) is 18.1 Å². The molecule has 1 atom stereocenters. The summed E-state index contributed by atoms with van der Waals surface area (Å²) in [5.74, 6) is 0.888. The monoisotopic (exact) mass is 278 g/mol. The molecule has 19 heavy (non-hydrogen) atoms. The summed E-state index contributed by atoms with van der Waals surface area (Å²) in [7, 11) is 1.69. The molecule has 4 heteroatoms. The van der Waals surface area contributed by atoms with Crippen molar-refractivity contribution in [1.29, 1.82) is 0 Å². The quantitative estimate of drug-likeness (QED) is 0.746. The number of methoxy groups -OCH3 is 1. The lowest BCUT2D eigenvalue weighted by Crippen LogP contribution is -2.14. The van der Waals surface area contributed by atoms with E-state index in [9.17, 15) is 0 Å². The number of hydrogen-bond donors (Lipinski definition) is 1. The van der Waals surface area contributed by atoms with Crippen LogP contribution in [0.5, 0.6) is 5.75 Å². The van der Waals surface area contributed by atoms with Crippen molar-refractivity contribution >= 4 is 26.7 Å². The molecule has 0 aliphatic heterocycles. The molecule has 1 aromatic carbocycles. The summed E-state index contributed by atoms with van der Waals surface area (Å²) in [4.78, 5) is 4.61. The average Bonchev–Trinajstić information content (AvgIpc) is 2.79. The van der Waals surface area contributed by atoms with E-state index < -0.39 is 0 Å². The zero-order valence-corrected chi connectivity index (χ0v) is 12.7. The van der Waals surface area contributed by atoms with Crippen molar-refractivity contribution in [2.75, 3.05) is 12.4 Å². The second kappa shape index (κ2) is 6.75. The van der Waals surface area contributed by atoms with Crippen LogP contribution in [0.4, 0.5) is 5.13 Å². The standard InChI is InChI=1S/C15H22N2OS/c1-4-5-6-7-11(2)16-15-17-13-9-8-12(18-3)10-14(13)19-15/h8-11H,4-7H2,1-3H3,(H,16,17). The maximum atomic E-state index is 5.24. The zero-order chi connectivity index (χ0) is 13.7. The topological polar surface area (TPSA) is 34.2 Å². The van der Waals surface area contributed by atoms with E-state index in [1.807, 2.05) is 18.2 Å². The normalized spacial score (nSPS) is 12.6. The van der Waals surface area contributed by atoms with Gasteiger partial charge >= 0.3 is 0 Å². The molecule has 3 nitrogen and oxygen atoms in total. The van der Waals surface area contributed by atoms with Gasteiger partial charge in [0.15, 0.2) is 5.13 Å². The van der Waals surface area contributed by atoms with Crippen molar-refractivity contribution in [3.05, 3.63) is 18.2 Å². The molecule has 0 radical (unpaired) electrons. The Morgan fingerprint density at radius 1 is 1.37 bits per heavy atom. The minimum absolute atomic E-state index is 0.481. The van der Waals surface area contributed by atoms with E-state index in [2.05, 4.69) is 24.1 Å². The first-order valence-corrected chi connectivity index (χ1v) is 7.75. The van der Waals surface area contributed by atoms with Crippen molar-refractivity contribution < 1.29 is 4.74 Å². The maximum Gasteiger partial charge on any atom is 0.184 e. The molecule has 0 bridgehead atoms. The molecule has 0 fully saturated rings. The number of fused-ring (bicyclic) bond motifs is 1. The second-order valence-corrected chi connectivity index (χ2v) is 5.92. The Hall–Kier alpha value is -1.29. The van der Waals surface area contributed by atoms with Crippen molar-refractivity contribution in [2.24, 2.45) is 0 Å². The molecule has 0 saturated heterocycles. The third kappa shape index (κ3) is 3.83. The fraction of sp³-hybridized carbons (Fsp3) is 0.533. The van der Waals surface area contributed by atoms with Crippen molar-refractivity contribution in [3.63, 3.8) is 0 Å². The fourth-order valence-electron chi connectivity index (χ4n) is 2.08. The Morgan fingerprint density at radius 3 is 2.95 bits per heavy atom. The molecule has 104 valence electrons. The number of hydrogen-bond acceptors (Lipinski definition) is 4. The van der Waals surface area contributed by atoms with Gasteiger partial charge in [-0.25, -0.2) is 4.98 Å². The Balaban J connectivity index is 2.00. The number of ether oxygens (including phenoxy) is 1. The molecule has 1 heterocycles. The molecule has 0 aliphatic carbocycles. The van der Waals surface area contributed by atoms with Gasteiger partial charge in [-0.05, 0) is 31.5 Å². The van der Waals surface area contributed by atoms with Gasteiger partial charge in [-0.2, -0.15) is 0 Å². The number of benzene rings is 1. The largest absolute Gasteiger partial charge is 0.497 e. The summed E-state index contributed by atoms with van der Waals surface area (Å²) >= 11 is 1.69. The van der Waals surface area contributed by atoms with Gasteiger partial charge in [-0.15, -0.1) is 0 Å². The summed E-state index contributed by atoms with van der Waals surface area (Å²) < 4.78 is 6.41. The first kappa shape index (κ1) is 14.1. The zero-order valence-electron chi connectivity index (χ0n) is 11.9. The highest BCUT2D eigenvalue weighted by atomic mass is 32.1. The van der Waals surface area contributed by atoms with Crippen LogP contribution in [0.1, 0.15) is 39.5 Å². The summed E-state index contributed by atoms with van der Waals surface area (Å²) in [5, 5.41) is 4.50. The van der Waals surface area contributed by atoms with Crippen LogP contribution in [0.25, 0.3) is 10.2 Å². The predicted molar refractivity (Wildman–Crippen MR) is 83.4 cm³/mol. The molecular weight excluding hydrogens is 256 g/mol. The van der Waals surface area contributed by atoms with Crippen LogP contribution in [0.3, 0.4) is 0 Å². The molecule has 0 aliphatic rings. The highest BCUT2D eigenvalue weighted by Crippen LogP contribution is 2.29. The first-order chi connectivity index (χ1) is 9.22. The average molecular weight is 278 g/mol. The molecule has 2 rings (SSSR count). The smallest absolute Gasteiger partial charge is 0.184 e. The van der Waals surface area contributed by atoms with Crippen LogP contribution in [0.15, 0.2) is 18.2 Å². The molecule has 0 saturated carbocycles. The van der Waals surface area contributed by atoms with Crippen LogP contribution < -0.4 is 10.1 Å². The third-order valence-corrected chi connectivity index (χ3v) is 4.16. The van der Waals surface area contributed by atoms with E-state index in [0.717, 1.165) is 16.4 Å². The van der Waals surface area contributed by atoms with Gasteiger partial charge in [0.05, 0.1) is 17.3 Å². The van der Waals surface area contributed by atoms with Gasteiger partial charge in [0.25, 0.3) is 0 Å². The molecule has 1 aromatic heterocycles. The summed E-state index contributed by atoms with van der Waals surface area (Å²) in [6.45, 7) is 4.46. The molecule has 0 amide bonds. The molecular formula is C15H22N2OS. The second-order valence-electron chi connectivity index (χ2n) is 4.89. The Labute approximate surface area is 119 Å². The number of nitrogens with one attached hydrogen (secondary N) is 1. The highest BCUT2D eigenvalue weighted by Gasteiger charge is 2.07. The summed E-state index contributed by atoms with van der Waals surface area (Å²) in [5.41, 5.74) is 1.04. The van der Waals surface area contributed by atoms with Crippen LogP contribution >= 0.6 is 11.3 Å².